The van der Waals surface area contributed by atoms with E-state index in [1.807, 2.05) is 0 Å². The summed E-state index contributed by atoms with van der Waals surface area (Å²) >= 11 is 3.20. The van der Waals surface area contributed by atoms with Crippen LogP contribution < -0.4 is 5.73 Å². The molecule has 92 valence electrons. The molecule has 1 amide bonds. The lowest BCUT2D eigenvalue weighted by molar-refractivity contribution is -0.131. The largest absolute Gasteiger partial charge is 0.452 e. The van der Waals surface area contributed by atoms with Crippen molar-refractivity contribution in [3.05, 3.63) is 28.2 Å². The van der Waals surface area contributed by atoms with Crippen LogP contribution in [-0.2, 0) is 9.53 Å². The first-order valence-electron chi connectivity index (χ1n) is 4.84. The molecular formula is C11H13BrN2O3. The number of likely N-dealkylation sites (N-methyl/N-ethyl adjacent to an activating group) is 1. The topological polar surface area (TPSA) is 72.6 Å². The number of ether oxygens (including phenoxy) is 1. The summed E-state index contributed by atoms with van der Waals surface area (Å²) in [5.74, 6) is -0.863. The second-order valence-corrected chi connectivity index (χ2v) is 4.37. The molecule has 2 N–H and O–H groups in total. The molecule has 1 aromatic rings. The Morgan fingerprint density at radius 1 is 1.41 bits per heavy atom. The van der Waals surface area contributed by atoms with E-state index in [0.29, 0.717) is 15.7 Å². The molecule has 0 spiro atoms. The van der Waals surface area contributed by atoms with Gasteiger partial charge >= 0.3 is 5.97 Å². The molecule has 1 rings (SSSR count). The maximum absolute atomic E-state index is 11.7. The molecule has 0 heterocycles. The predicted octanol–water partition coefficient (Wildman–Crippen LogP) is 1.28. The number of hydrogen-bond acceptors (Lipinski definition) is 4. The summed E-state index contributed by atoms with van der Waals surface area (Å²) in [6.45, 7) is -0.285. The Kier molecular flexibility index (Phi) is 4.51. The van der Waals surface area contributed by atoms with Gasteiger partial charge in [-0.2, -0.15) is 0 Å². The Bertz CT molecular complexity index is 446. The van der Waals surface area contributed by atoms with Crippen molar-refractivity contribution in [3.63, 3.8) is 0 Å². The van der Waals surface area contributed by atoms with E-state index < -0.39 is 5.97 Å². The minimum Gasteiger partial charge on any atom is -0.452 e. The van der Waals surface area contributed by atoms with Crippen molar-refractivity contribution in [1.29, 1.82) is 0 Å². The summed E-state index contributed by atoms with van der Waals surface area (Å²) in [6, 6.07) is 4.87. The van der Waals surface area contributed by atoms with Crippen LogP contribution in [0.1, 0.15) is 10.4 Å². The molecule has 0 radical (unpaired) electrons. The number of amides is 1. The van der Waals surface area contributed by atoms with Crippen LogP contribution >= 0.6 is 15.9 Å². The monoisotopic (exact) mass is 300 g/mol. The van der Waals surface area contributed by atoms with E-state index in [4.69, 9.17) is 10.5 Å². The van der Waals surface area contributed by atoms with Gasteiger partial charge in [0, 0.05) is 19.8 Å². The standard InChI is InChI=1S/C11H13BrN2O3/c1-14(2)9(15)6-17-11(16)7-4-3-5-8(13)10(7)12/h3-5H,6,13H2,1-2H3. The molecule has 0 aliphatic heterocycles. The first-order valence-corrected chi connectivity index (χ1v) is 5.64. The van der Waals surface area contributed by atoms with Gasteiger partial charge in [-0.1, -0.05) is 6.07 Å². The Labute approximate surface area is 108 Å². The van der Waals surface area contributed by atoms with Crippen LogP contribution in [0.2, 0.25) is 0 Å². The summed E-state index contributed by atoms with van der Waals surface area (Å²) in [5.41, 5.74) is 6.38. The number of carbonyl (C=O) groups is 2. The predicted molar refractivity (Wildman–Crippen MR) is 67.5 cm³/mol. The molecule has 17 heavy (non-hydrogen) atoms. The Morgan fingerprint density at radius 3 is 2.65 bits per heavy atom. The molecule has 1 aromatic carbocycles. The van der Waals surface area contributed by atoms with Crippen LogP contribution in [0, 0.1) is 0 Å². The Hall–Kier alpha value is -1.56. The molecule has 6 heteroatoms. The number of carbonyl (C=O) groups excluding carboxylic acids is 2. The molecule has 0 aliphatic rings. The van der Waals surface area contributed by atoms with Crippen LogP contribution in [0.25, 0.3) is 0 Å². The number of hydrogen-bond donors (Lipinski definition) is 1. The maximum Gasteiger partial charge on any atom is 0.339 e. The third-order valence-corrected chi connectivity index (χ3v) is 2.96. The highest BCUT2D eigenvalue weighted by Crippen LogP contribution is 2.24. The van der Waals surface area contributed by atoms with Crippen molar-refractivity contribution >= 4 is 33.5 Å². The van der Waals surface area contributed by atoms with Crippen molar-refractivity contribution in [2.45, 2.75) is 0 Å². The molecule has 0 fully saturated rings. The second kappa shape index (κ2) is 5.67. The molecule has 0 atom stereocenters. The van der Waals surface area contributed by atoms with Crippen molar-refractivity contribution in [2.24, 2.45) is 0 Å². The molecule has 0 aromatic heterocycles. The van der Waals surface area contributed by atoms with Gasteiger partial charge in [0.2, 0.25) is 0 Å². The molecule has 0 saturated carbocycles. The van der Waals surface area contributed by atoms with Crippen LogP contribution in [0.3, 0.4) is 0 Å². The number of esters is 1. The lowest BCUT2D eigenvalue weighted by Crippen LogP contribution is -2.27. The highest BCUT2D eigenvalue weighted by atomic mass is 79.9. The Balaban J connectivity index is 2.71. The van der Waals surface area contributed by atoms with Crippen molar-refractivity contribution in [1.82, 2.24) is 4.90 Å². The number of nitrogens with zero attached hydrogens (tertiary/aromatic N) is 1. The van der Waals surface area contributed by atoms with Crippen LogP contribution in [-0.4, -0.2) is 37.5 Å². The zero-order valence-corrected chi connectivity index (χ0v) is 11.2. The third-order valence-electron chi connectivity index (χ3n) is 2.07. The maximum atomic E-state index is 11.7. The zero-order valence-electron chi connectivity index (χ0n) is 9.57. The van der Waals surface area contributed by atoms with E-state index in [0.717, 1.165) is 0 Å². The molecule has 5 nitrogen and oxygen atoms in total. The van der Waals surface area contributed by atoms with Gasteiger partial charge in [0.1, 0.15) is 0 Å². The van der Waals surface area contributed by atoms with Crippen LogP contribution in [0.4, 0.5) is 5.69 Å². The quantitative estimate of drug-likeness (QED) is 0.674. The third kappa shape index (κ3) is 3.45. The average molecular weight is 301 g/mol. The van der Waals surface area contributed by atoms with E-state index in [9.17, 15) is 9.59 Å². The minimum atomic E-state index is -0.584. The molecule has 0 unspecified atom stereocenters. The number of nitrogens with two attached hydrogens (primary N) is 1. The van der Waals surface area contributed by atoms with E-state index in [1.165, 1.54) is 4.90 Å². The number of nitrogen functional groups attached to an aromatic ring is 1. The lowest BCUT2D eigenvalue weighted by atomic mass is 10.2. The van der Waals surface area contributed by atoms with Crippen LogP contribution in [0.15, 0.2) is 22.7 Å². The van der Waals surface area contributed by atoms with Gasteiger partial charge in [0.05, 0.1) is 10.0 Å². The molecular weight excluding hydrogens is 288 g/mol. The highest BCUT2D eigenvalue weighted by Gasteiger charge is 2.15. The van der Waals surface area contributed by atoms with Gasteiger partial charge in [-0.3, -0.25) is 4.79 Å². The fraction of sp³-hybridized carbons (Fsp3) is 0.273. The number of halogens is 1. The fourth-order valence-corrected chi connectivity index (χ4v) is 1.47. The normalized spacial score (nSPS) is 9.82. The van der Waals surface area contributed by atoms with Gasteiger partial charge in [0.25, 0.3) is 5.91 Å². The summed E-state index contributed by atoms with van der Waals surface area (Å²) in [7, 11) is 3.18. The highest BCUT2D eigenvalue weighted by molar-refractivity contribution is 9.10. The van der Waals surface area contributed by atoms with E-state index in [2.05, 4.69) is 15.9 Å². The van der Waals surface area contributed by atoms with Gasteiger partial charge in [-0.15, -0.1) is 0 Å². The zero-order chi connectivity index (χ0) is 13.0. The van der Waals surface area contributed by atoms with E-state index >= 15 is 0 Å². The molecule has 0 saturated heterocycles. The smallest absolute Gasteiger partial charge is 0.339 e. The SMILES string of the molecule is CN(C)C(=O)COC(=O)c1cccc(N)c1Br. The fourth-order valence-electron chi connectivity index (χ4n) is 1.04. The minimum absolute atomic E-state index is 0.279. The van der Waals surface area contributed by atoms with Gasteiger partial charge in [-0.25, -0.2) is 4.79 Å². The summed E-state index contributed by atoms with van der Waals surface area (Å²) in [4.78, 5) is 24.3. The first kappa shape index (κ1) is 13.5. The first-order chi connectivity index (χ1) is 7.93. The summed E-state index contributed by atoms with van der Waals surface area (Å²) in [6.07, 6.45) is 0. The van der Waals surface area contributed by atoms with Crippen molar-refractivity contribution in [3.8, 4) is 0 Å². The molecule has 0 aliphatic carbocycles. The van der Waals surface area contributed by atoms with Crippen molar-refractivity contribution in [2.75, 3.05) is 26.4 Å². The van der Waals surface area contributed by atoms with E-state index in [1.54, 1.807) is 32.3 Å². The number of benzene rings is 1. The van der Waals surface area contributed by atoms with Gasteiger partial charge in [-0.05, 0) is 28.1 Å². The average Bonchev–Trinajstić information content (AvgIpc) is 2.29. The summed E-state index contributed by atoms with van der Waals surface area (Å²) < 4.78 is 5.35. The van der Waals surface area contributed by atoms with Gasteiger partial charge < -0.3 is 15.4 Å². The Morgan fingerprint density at radius 2 is 2.06 bits per heavy atom. The van der Waals surface area contributed by atoms with Crippen LogP contribution in [0.5, 0.6) is 0 Å². The van der Waals surface area contributed by atoms with E-state index in [-0.39, 0.29) is 12.5 Å². The lowest BCUT2D eigenvalue weighted by Gasteiger charge is -2.11. The van der Waals surface area contributed by atoms with Gasteiger partial charge in [0.15, 0.2) is 6.61 Å². The molecule has 0 bridgehead atoms. The second-order valence-electron chi connectivity index (χ2n) is 3.57. The number of rotatable bonds is 3. The van der Waals surface area contributed by atoms with Crippen molar-refractivity contribution < 1.29 is 14.3 Å². The summed E-state index contributed by atoms with van der Waals surface area (Å²) in [5, 5.41) is 0. The number of anilines is 1.